The standard InChI is InChI=1S/C19H27BrN4O/c1-4-6-17(23-10-9-21-13(3)12-23)18-22-16-8-7-14(20)11-15(16)19(25)24(18)5-2/h7-8,11,13,17,21H,4-6,9-10,12H2,1-3H3/t13-,17+/m1/s1. The lowest BCUT2D eigenvalue weighted by molar-refractivity contribution is 0.132. The number of hydrogen-bond acceptors (Lipinski definition) is 4. The molecule has 0 saturated carbocycles. The fourth-order valence-electron chi connectivity index (χ4n) is 3.76. The van der Waals surface area contributed by atoms with Gasteiger partial charge in [0.2, 0.25) is 0 Å². The first-order valence-electron chi connectivity index (χ1n) is 9.22. The summed E-state index contributed by atoms with van der Waals surface area (Å²) >= 11 is 3.46. The lowest BCUT2D eigenvalue weighted by atomic mass is 10.1. The van der Waals surface area contributed by atoms with Gasteiger partial charge >= 0.3 is 0 Å². The van der Waals surface area contributed by atoms with E-state index in [0.29, 0.717) is 18.0 Å². The number of benzene rings is 1. The minimum atomic E-state index is 0.0630. The van der Waals surface area contributed by atoms with Crippen LogP contribution in [0.2, 0.25) is 0 Å². The summed E-state index contributed by atoms with van der Waals surface area (Å²) in [7, 11) is 0. The maximum Gasteiger partial charge on any atom is 0.261 e. The molecule has 3 rings (SSSR count). The highest BCUT2D eigenvalue weighted by molar-refractivity contribution is 9.10. The zero-order chi connectivity index (χ0) is 18.0. The average molecular weight is 407 g/mol. The summed E-state index contributed by atoms with van der Waals surface area (Å²) in [4.78, 5) is 20.5. The first-order valence-corrected chi connectivity index (χ1v) is 10.0. The number of halogens is 1. The van der Waals surface area contributed by atoms with Crippen molar-refractivity contribution in [2.45, 2.75) is 52.2 Å². The molecule has 0 unspecified atom stereocenters. The van der Waals surface area contributed by atoms with Crippen LogP contribution in [0.25, 0.3) is 10.9 Å². The Morgan fingerprint density at radius 2 is 2.20 bits per heavy atom. The van der Waals surface area contributed by atoms with Crippen LogP contribution in [0.1, 0.15) is 45.5 Å². The molecule has 1 saturated heterocycles. The van der Waals surface area contributed by atoms with E-state index in [-0.39, 0.29) is 11.6 Å². The van der Waals surface area contributed by atoms with Crippen molar-refractivity contribution in [1.29, 1.82) is 0 Å². The third-order valence-electron chi connectivity index (χ3n) is 4.96. The van der Waals surface area contributed by atoms with E-state index < -0.39 is 0 Å². The molecule has 0 amide bonds. The second-order valence-corrected chi connectivity index (χ2v) is 7.75. The van der Waals surface area contributed by atoms with Crippen LogP contribution in [0.3, 0.4) is 0 Å². The molecule has 25 heavy (non-hydrogen) atoms. The van der Waals surface area contributed by atoms with Gasteiger partial charge in [-0.1, -0.05) is 29.3 Å². The van der Waals surface area contributed by atoms with Crippen LogP contribution in [0.4, 0.5) is 0 Å². The van der Waals surface area contributed by atoms with Gasteiger partial charge in [-0.25, -0.2) is 4.98 Å². The molecule has 2 aromatic rings. The van der Waals surface area contributed by atoms with Gasteiger partial charge in [-0.15, -0.1) is 0 Å². The molecule has 0 radical (unpaired) electrons. The van der Waals surface area contributed by atoms with Crippen LogP contribution >= 0.6 is 15.9 Å². The summed E-state index contributed by atoms with van der Waals surface area (Å²) < 4.78 is 2.78. The number of hydrogen-bond donors (Lipinski definition) is 1. The average Bonchev–Trinajstić information content (AvgIpc) is 2.60. The van der Waals surface area contributed by atoms with Crippen molar-refractivity contribution in [2.24, 2.45) is 0 Å². The van der Waals surface area contributed by atoms with Gasteiger partial charge in [-0.2, -0.15) is 0 Å². The van der Waals surface area contributed by atoms with Crippen LogP contribution < -0.4 is 10.9 Å². The Balaban J connectivity index is 2.13. The number of fused-ring (bicyclic) bond motifs is 1. The van der Waals surface area contributed by atoms with Crippen LogP contribution in [-0.2, 0) is 6.54 Å². The minimum Gasteiger partial charge on any atom is -0.312 e. The quantitative estimate of drug-likeness (QED) is 0.827. The molecule has 6 heteroatoms. The minimum absolute atomic E-state index is 0.0630. The van der Waals surface area contributed by atoms with Crippen LogP contribution in [0.15, 0.2) is 27.5 Å². The zero-order valence-electron chi connectivity index (χ0n) is 15.3. The lowest BCUT2D eigenvalue weighted by Crippen LogP contribution is -2.51. The summed E-state index contributed by atoms with van der Waals surface area (Å²) in [6.45, 7) is 10.1. The first-order chi connectivity index (χ1) is 12.0. The zero-order valence-corrected chi connectivity index (χ0v) is 16.8. The predicted molar refractivity (Wildman–Crippen MR) is 106 cm³/mol. The molecule has 1 fully saturated rings. The molecule has 1 N–H and O–H groups in total. The Hall–Kier alpha value is -1.24. The lowest BCUT2D eigenvalue weighted by Gasteiger charge is -2.38. The molecular formula is C19H27BrN4O. The molecule has 0 bridgehead atoms. The number of rotatable bonds is 5. The van der Waals surface area contributed by atoms with E-state index in [2.05, 4.69) is 40.0 Å². The van der Waals surface area contributed by atoms with Gasteiger partial charge < -0.3 is 5.32 Å². The van der Waals surface area contributed by atoms with Crippen molar-refractivity contribution in [1.82, 2.24) is 19.8 Å². The third-order valence-corrected chi connectivity index (χ3v) is 5.46. The number of aromatic nitrogens is 2. The topological polar surface area (TPSA) is 50.2 Å². The van der Waals surface area contributed by atoms with E-state index in [1.165, 1.54) is 0 Å². The molecule has 1 aromatic carbocycles. The summed E-state index contributed by atoms with van der Waals surface area (Å²) in [6, 6.07) is 6.42. The summed E-state index contributed by atoms with van der Waals surface area (Å²) in [5.41, 5.74) is 0.852. The molecule has 1 aliphatic rings. The van der Waals surface area contributed by atoms with E-state index >= 15 is 0 Å². The van der Waals surface area contributed by atoms with Crippen molar-refractivity contribution >= 4 is 26.8 Å². The Morgan fingerprint density at radius 3 is 2.88 bits per heavy atom. The second kappa shape index (κ2) is 7.98. The fourth-order valence-corrected chi connectivity index (χ4v) is 4.12. The summed E-state index contributed by atoms with van der Waals surface area (Å²) in [6.07, 6.45) is 2.09. The van der Waals surface area contributed by atoms with Gasteiger partial charge in [0.25, 0.3) is 5.56 Å². The number of nitrogens with zero attached hydrogens (tertiary/aromatic N) is 3. The van der Waals surface area contributed by atoms with E-state index in [9.17, 15) is 4.79 Å². The Kier molecular flexibility index (Phi) is 5.92. The van der Waals surface area contributed by atoms with Gasteiger partial charge in [0, 0.05) is 36.7 Å². The fraction of sp³-hybridized carbons (Fsp3) is 0.579. The molecule has 0 spiro atoms. The summed E-state index contributed by atoms with van der Waals surface area (Å²) in [5, 5.41) is 4.18. The predicted octanol–water partition coefficient (Wildman–Crippen LogP) is 3.31. The molecule has 1 aromatic heterocycles. The normalized spacial score (nSPS) is 20.1. The molecule has 136 valence electrons. The van der Waals surface area contributed by atoms with Crippen molar-refractivity contribution < 1.29 is 0 Å². The van der Waals surface area contributed by atoms with Crippen LogP contribution in [0.5, 0.6) is 0 Å². The van der Waals surface area contributed by atoms with Gasteiger partial charge in [-0.3, -0.25) is 14.3 Å². The highest BCUT2D eigenvalue weighted by Crippen LogP contribution is 2.27. The largest absolute Gasteiger partial charge is 0.312 e. The van der Waals surface area contributed by atoms with Crippen LogP contribution in [0, 0.1) is 0 Å². The molecule has 5 nitrogen and oxygen atoms in total. The summed E-state index contributed by atoms with van der Waals surface area (Å²) in [5.74, 6) is 0.915. The number of piperazine rings is 1. The maximum atomic E-state index is 13.1. The Morgan fingerprint density at radius 1 is 1.40 bits per heavy atom. The van der Waals surface area contributed by atoms with Gasteiger partial charge in [0.05, 0.1) is 16.9 Å². The van der Waals surface area contributed by atoms with Crippen molar-refractivity contribution in [3.05, 3.63) is 38.9 Å². The number of nitrogens with one attached hydrogen (secondary N) is 1. The van der Waals surface area contributed by atoms with Gasteiger partial charge in [0.15, 0.2) is 0 Å². The van der Waals surface area contributed by atoms with Crippen molar-refractivity contribution in [3.63, 3.8) is 0 Å². The second-order valence-electron chi connectivity index (χ2n) is 6.84. The smallest absolute Gasteiger partial charge is 0.261 e. The Bertz CT molecular complexity index is 804. The van der Waals surface area contributed by atoms with E-state index in [1.54, 1.807) is 0 Å². The van der Waals surface area contributed by atoms with Crippen molar-refractivity contribution in [2.75, 3.05) is 19.6 Å². The first kappa shape index (κ1) is 18.5. The SMILES string of the molecule is CCC[C@@H](c1nc2ccc(Br)cc2c(=O)n1CC)N1CCN[C@H](C)C1. The third kappa shape index (κ3) is 3.81. The molecule has 1 aliphatic heterocycles. The van der Waals surface area contributed by atoms with Gasteiger partial charge in [0.1, 0.15) is 5.82 Å². The molecular weight excluding hydrogens is 380 g/mol. The maximum absolute atomic E-state index is 13.1. The molecule has 0 aliphatic carbocycles. The Labute approximate surface area is 157 Å². The van der Waals surface area contributed by atoms with E-state index in [4.69, 9.17) is 4.98 Å². The van der Waals surface area contributed by atoms with Gasteiger partial charge in [-0.05, 0) is 38.5 Å². The highest BCUT2D eigenvalue weighted by Gasteiger charge is 2.28. The van der Waals surface area contributed by atoms with E-state index in [0.717, 1.165) is 48.3 Å². The molecule has 2 heterocycles. The van der Waals surface area contributed by atoms with Crippen LogP contribution in [-0.4, -0.2) is 40.1 Å². The van der Waals surface area contributed by atoms with E-state index in [1.807, 2.05) is 29.7 Å². The monoisotopic (exact) mass is 406 g/mol. The van der Waals surface area contributed by atoms with Crippen molar-refractivity contribution in [3.8, 4) is 0 Å². The molecule has 2 atom stereocenters. The highest BCUT2D eigenvalue weighted by atomic mass is 79.9.